The van der Waals surface area contributed by atoms with Gasteiger partial charge in [-0.3, -0.25) is 9.59 Å². The molecule has 0 aromatic heterocycles. The molecule has 142 valence electrons. The van der Waals surface area contributed by atoms with E-state index in [1.165, 1.54) is 46.0 Å². The van der Waals surface area contributed by atoms with E-state index in [1.807, 2.05) is 0 Å². The Bertz CT molecular complexity index is 508. The Morgan fingerprint density at radius 2 is 1.88 bits per heavy atom. The predicted molar refractivity (Wildman–Crippen MR) is 96.9 cm³/mol. The molecule has 1 N–H and O–H groups in total. The van der Waals surface area contributed by atoms with Gasteiger partial charge in [0.2, 0.25) is 5.91 Å². The number of piperidine rings is 1. The van der Waals surface area contributed by atoms with E-state index in [1.54, 1.807) is 4.90 Å². The molecule has 1 aliphatic carbocycles. The van der Waals surface area contributed by atoms with Gasteiger partial charge in [0.05, 0.1) is 5.41 Å². The Morgan fingerprint density at radius 3 is 2.56 bits per heavy atom. The Kier molecular flexibility index (Phi) is 5.42. The van der Waals surface area contributed by atoms with E-state index in [0.29, 0.717) is 13.1 Å². The first-order chi connectivity index (χ1) is 11.8. The molecule has 25 heavy (non-hydrogen) atoms. The summed E-state index contributed by atoms with van der Waals surface area (Å²) >= 11 is 0. The lowest BCUT2D eigenvalue weighted by molar-refractivity contribution is -0.150. The lowest BCUT2D eigenvalue weighted by Crippen LogP contribution is -2.52. The van der Waals surface area contributed by atoms with E-state index in [0.717, 1.165) is 44.7 Å². The number of hydrogen-bond acceptors (Lipinski definition) is 3. The fourth-order valence-corrected chi connectivity index (χ4v) is 4.99. The van der Waals surface area contributed by atoms with Crippen molar-refractivity contribution in [1.29, 1.82) is 0 Å². The van der Waals surface area contributed by atoms with E-state index in [4.69, 9.17) is 0 Å². The van der Waals surface area contributed by atoms with Gasteiger partial charge in [-0.2, -0.15) is 0 Å². The molecule has 3 rings (SSSR count). The number of nitrogens with zero attached hydrogens (tertiary/aromatic N) is 2. The highest BCUT2D eigenvalue weighted by atomic mass is 16.3. The number of amides is 2. The number of rotatable bonds is 4. The van der Waals surface area contributed by atoms with Gasteiger partial charge in [0.15, 0.2) is 0 Å². The van der Waals surface area contributed by atoms with Crippen molar-refractivity contribution in [3.63, 3.8) is 0 Å². The third-order valence-electron chi connectivity index (χ3n) is 6.52. The van der Waals surface area contributed by atoms with Gasteiger partial charge >= 0.3 is 0 Å². The number of aliphatic hydroxyl groups is 1. The minimum atomic E-state index is -1.36. The van der Waals surface area contributed by atoms with Crippen LogP contribution in [-0.4, -0.2) is 58.5 Å². The van der Waals surface area contributed by atoms with Crippen LogP contribution in [0.5, 0.6) is 0 Å². The van der Waals surface area contributed by atoms with Crippen LogP contribution in [0.25, 0.3) is 0 Å². The van der Waals surface area contributed by atoms with Crippen LogP contribution in [-0.2, 0) is 9.59 Å². The first-order valence-corrected chi connectivity index (χ1v) is 10.1. The first-order valence-electron chi connectivity index (χ1n) is 10.1. The fraction of sp³-hybridized carbons (Fsp3) is 0.900. The molecule has 3 aliphatic rings. The molecule has 1 atom stereocenters. The molecule has 5 heteroatoms. The minimum Gasteiger partial charge on any atom is -0.381 e. The lowest BCUT2D eigenvalue weighted by Gasteiger charge is -2.40. The smallest absolute Gasteiger partial charge is 0.253 e. The van der Waals surface area contributed by atoms with Crippen molar-refractivity contribution in [2.45, 2.75) is 77.2 Å². The van der Waals surface area contributed by atoms with Gasteiger partial charge in [0.1, 0.15) is 5.60 Å². The van der Waals surface area contributed by atoms with Crippen LogP contribution in [0.1, 0.15) is 71.6 Å². The molecule has 2 aliphatic heterocycles. The summed E-state index contributed by atoms with van der Waals surface area (Å²) in [5.74, 6) is 0.786. The van der Waals surface area contributed by atoms with E-state index in [2.05, 4.69) is 4.90 Å². The second-order valence-electron chi connectivity index (χ2n) is 9.00. The molecular weight excluding hydrogens is 316 g/mol. The van der Waals surface area contributed by atoms with Crippen molar-refractivity contribution in [3.8, 4) is 0 Å². The lowest BCUT2D eigenvalue weighted by atomic mass is 9.78. The standard InChI is InChI=1S/C20H34N2O3/c1-19(2,25)17(23)22-14-11-20(15-22)10-6-12-21(18(20)24)13-9-16-7-4-3-5-8-16/h16,25H,3-15H2,1-2H3/t20-/m1/s1. The summed E-state index contributed by atoms with van der Waals surface area (Å²) in [5, 5.41) is 9.99. The van der Waals surface area contributed by atoms with Crippen LogP contribution in [0, 0.1) is 11.3 Å². The summed E-state index contributed by atoms with van der Waals surface area (Å²) < 4.78 is 0. The van der Waals surface area contributed by atoms with E-state index < -0.39 is 11.0 Å². The zero-order valence-electron chi connectivity index (χ0n) is 15.9. The van der Waals surface area contributed by atoms with E-state index in [9.17, 15) is 14.7 Å². The maximum atomic E-state index is 13.2. The first kappa shape index (κ1) is 18.7. The van der Waals surface area contributed by atoms with Gasteiger partial charge in [0.25, 0.3) is 5.91 Å². The quantitative estimate of drug-likeness (QED) is 0.848. The van der Waals surface area contributed by atoms with E-state index >= 15 is 0 Å². The van der Waals surface area contributed by atoms with Gasteiger partial charge in [-0.05, 0) is 45.4 Å². The maximum absolute atomic E-state index is 13.2. The summed E-state index contributed by atoms with van der Waals surface area (Å²) in [6.45, 7) is 5.87. The van der Waals surface area contributed by atoms with Crippen LogP contribution >= 0.6 is 0 Å². The van der Waals surface area contributed by atoms with Crippen molar-refractivity contribution in [1.82, 2.24) is 9.80 Å². The molecular formula is C20H34N2O3. The number of likely N-dealkylation sites (tertiary alicyclic amines) is 2. The summed E-state index contributed by atoms with van der Waals surface area (Å²) in [6, 6.07) is 0. The molecule has 1 saturated carbocycles. The van der Waals surface area contributed by atoms with Crippen LogP contribution in [0.2, 0.25) is 0 Å². The molecule has 2 heterocycles. The third kappa shape index (κ3) is 4.02. The Hall–Kier alpha value is -1.10. The summed E-state index contributed by atoms with van der Waals surface area (Å²) in [6.07, 6.45) is 10.5. The average Bonchev–Trinajstić information content (AvgIpc) is 3.01. The third-order valence-corrected chi connectivity index (χ3v) is 6.52. The SMILES string of the molecule is CC(C)(O)C(=O)N1CC[C@]2(CCCN(CCC3CCCCC3)C2=O)C1. The van der Waals surface area contributed by atoms with Crippen molar-refractivity contribution < 1.29 is 14.7 Å². The topological polar surface area (TPSA) is 60.9 Å². The molecule has 0 unspecified atom stereocenters. The van der Waals surface area contributed by atoms with Crippen LogP contribution in [0.3, 0.4) is 0 Å². The normalized spacial score (nSPS) is 28.8. The highest BCUT2D eigenvalue weighted by molar-refractivity contribution is 5.88. The van der Waals surface area contributed by atoms with Gasteiger partial charge in [0, 0.05) is 26.2 Å². The molecule has 0 radical (unpaired) electrons. The summed E-state index contributed by atoms with van der Waals surface area (Å²) in [5.41, 5.74) is -1.75. The van der Waals surface area contributed by atoms with Gasteiger partial charge < -0.3 is 14.9 Å². The molecule has 3 fully saturated rings. The zero-order chi connectivity index (χ0) is 18.1. The minimum absolute atomic E-state index is 0.251. The number of hydrogen-bond donors (Lipinski definition) is 1. The summed E-state index contributed by atoms with van der Waals surface area (Å²) in [7, 11) is 0. The van der Waals surface area contributed by atoms with Crippen molar-refractivity contribution in [3.05, 3.63) is 0 Å². The number of carbonyl (C=O) groups is 2. The van der Waals surface area contributed by atoms with Crippen LogP contribution in [0.4, 0.5) is 0 Å². The van der Waals surface area contributed by atoms with Crippen LogP contribution in [0.15, 0.2) is 0 Å². The van der Waals surface area contributed by atoms with E-state index in [-0.39, 0.29) is 11.8 Å². The van der Waals surface area contributed by atoms with Crippen molar-refractivity contribution in [2.75, 3.05) is 26.2 Å². The zero-order valence-corrected chi connectivity index (χ0v) is 15.9. The monoisotopic (exact) mass is 350 g/mol. The predicted octanol–water partition coefficient (Wildman–Crippen LogP) is 2.57. The maximum Gasteiger partial charge on any atom is 0.253 e. The highest BCUT2D eigenvalue weighted by Crippen LogP contribution is 2.41. The molecule has 0 aromatic rings. The second kappa shape index (κ2) is 7.26. The molecule has 2 saturated heterocycles. The molecule has 0 aromatic carbocycles. The Balaban J connectivity index is 1.59. The van der Waals surface area contributed by atoms with Gasteiger partial charge in [-0.1, -0.05) is 32.1 Å². The number of carbonyl (C=O) groups excluding carboxylic acids is 2. The Morgan fingerprint density at radius 1 is 1.16 bits per heavy atom. The highest BCUT2D eigenvalue weighted by Gasteiger charge is 2.50. The van der Waals surface area contributed by atoms with Crippen molar-refractivity contribution >= 4 is 11.8 Å². The summed E-state index contributed by atoms with van der Waals surface area (Å²) in [4.78, 5) is 29.3. The molecule has 2 amide bonds. The molecule has 1 spiro atoms. The largest absolute Gasteiger partial charge is 0.381 e. The van der Waals surface area contributed by atoms with Gasteiger partial charge in [-0.15, -0.1) is 0 Å². The average molecular weight is 351 g/mol. The molecule has 5 nitrogen and oxygen atoms in total. The van der Waals surface area contributed by atoms with Crippen LogP contribution < -0.4 is 0 Å². The second-order valence-corrected chi connectivity index (χ2v) is 9.00. The molecule has 0 bridgehead atoms. The fourth-order valence-electron chi connectivity index (χ4n) is 4.99. The Labute approximate surface area is 151 Å². The van der Waals surface area contributed by atoms with Crippen molar-refractivity contribution in [2.24, 2.45) is 11.3 Å². The van der Waals surface area contributed by atoms with Gasteiger partial charge in [-0.25, -0.2) is 0 Å².